The van der Waals surface area contributed by atoms with E-state index in [0.29, 0.717) is 22.2 Å². The van der Waals surface area contributed by atoms with Crippen molar-refractivity contribution in [3.05, 3.63) is 64.0 Å². The molecule has 0 radical (unpaired) electrons. The summed E-state index contributed by atoms with van der Waals surface area (Å²) in [5.74, 6) is -0.537. The van der Waals surface area contributed by atoms with Crippen LogP contribution in [0, 0.1) is 0 Å². The van der Waals surface area contributed by atoms with Gasteiger partial charge in [0.1, 0.15) is 16.6 Å². The zero-order chi connectivity index (χ0) is 17.0. The van der Waals surface area contributed by atoms with E-state index in [-0.39, 0.29) is 17.8 Å². The van der Waals surface area contributed by atoms with Gasteiger partial charge in [0.2, 0.25) is 5.91 Å². The number of amides is 1. The van der Waals surface area contributed by atoms with E-state index in [1.807, 2.05) is 18.2 Å². The smallest absolute Gasteiger partial charge is 0.225 e. The minimum Gasteiger partial charge on any atom is -0.464 e. The van der Waals surface area contributed by atoms with Crippen LogP contribution in [0.3, 0.4) is 0 Å². The molecule has 1 atom stereocenters. The maximum Gasteiger partial charge on any atom is 0.225 e. The summed E-state index contributed by atoms with van der Waals surface area (Å²) in [6.07, 6.45) is 1.64. The molecular formula is C18H11N3O3S. The molecule has 0 aliphatic carbocycles. The Morgan fingerprint density at radius 3 is 2.92 bits per heavy atom. The van der Waals surface area contributed by atoms with Gasteiger partial charge in [-0.05, 0) is 24.3 Å². The Kier molecular flexibility index (Phi) is 2.98. The third-order valence-corrected chi connectivity index (χ3v) is 5.10. The van der Waals surface area contributed by atoms with Crippen LogP contribution in [0.4, 0.5) is 5.69 Å². The summed E-state index contributed by atoms with van der Waals surface area (Å²) in [6, 6.07) is 10.7. The molecule has 5 rings (SSSR count). The van der Waals surface area contributed by atoms with Crippen LogP contribution >= 0.6 is 11.7 Å². The molecule has 2 aromatic carbocycles. The molecule has 25 heavy (non-hydrogen) atoms. The molecule has 2 aromatic heterocycles. The lowest BCUT2D eigenvalue weighted by molar-refractivity contribution is -0.116. The molecule has 1 aliphatic rings. The van der Waals surface area contributed by atoms with E-state index < -0.39 is 5.92 Å². The van der Waals surface area contributed by atoms with E-state index in [9.17, 15) is 9.59 Å². The van der Waals surface area contributed by atoms with E-state index in [2.05, 4.69) is 14.1 Å². The maximum absolute atomic E-state index is 13.0. The minimum absolute atomic E-state index is 0.118. The molecule has 6 nitrogen and oxygen atoms in total. The van der Waals surface area contributed by atoms with E-state index in [1.165, 1.54) is 6.26 Å². The van der Waals surface area contributed by atoms with Crippen LogP contribution in [0.15, 0.2) is 51.9 Å². The molecule has 0 bridgehead atoms. The molecule has 1 N–H and O–H groups in total. The number of benzene rings is 2. The Bertz CT molecular complexity index is 1210. The largest absolute Gasteiger partial charge is 0.464 e. The topological polar surface area (TPSA) is 85.1 Å². The lowest BCUT2D eigenvalue weighted by Gasteiger charge is -2.25. The van der Waals surface area contributed by atoms with E-state index >= 15 is 0 Å². The monoisotopic (exact) mass is 349 g/mol. The number of para-hydroxylation sites is 1. The van der Waals surface area contributed by atoms with Crippen molar-refractivity contribution in [1.29, 1.82) is 0 Å². The van der Waals surface area contributed by atoms with Crippen LogP contribution in [0.25, 0.3) is 22.0 Å². The van der Waals surface area contributed by atoms with E-state index in [0.717, 1.165) is 28.3 Å². The van der Waals surface area contributed by atoms with Gasteiger partial charge in [-0.15, -0.1) is 0 Å². The van der Waals surface area contributed by atoms with Gasteiger partial charge in [-0.3, -0.25) is 9.59 Å². The molecule has 0 fully saturated rings. The highest BCUT2D eigenvalue weighted by Gasteiger charge is 2.32. The fourth-order valence-electron chi connectivity index (χ4n) is 3.42. The van der Waals surface area contributed by atoms with Crippen LogP contribution in [0.1, 0.15) is 23.5 Å². The first-order valence-electron chi connectivity index (χ1n) is 7.78. The second kappa shape index (κ2) is 5.22. The molecule has 7 heteroatoms. The number of fused-ring (bicyclic) bond motifs is 4. The second-order valence-electron chi connectivity index (χ2n) is 5.98. The van der Waals surface area contributed by atoms with Crippen LogP contribution in [0.5, 0.6) is 0 Å². The van der Waals surface area contributed by atoms with Crippen LogP contribution in [-0.4, -0.2) is 14.7 Å². The van der Waals surface area contributed by atoms with E-state index in [4.69, 9.17) is 4.42 Å². The van der Waals surface area contributed by atoms with Crippen molar-refractivity contribution >= 4 is 45.3 Å². The van der Waals surface area contributed by atoms with Crippen molar-refractivity contribution in [1.82, 2.24) is 8.75 Å². The van der Waals surface area contributed by atoms with E-state index in [1.54, 1.807) is 18.2 Å². The third kappa shape index (κ3) is 2.09. The number of rotatable bonds is 1. The number of hydrogen-bond donors (Lipinski definition) is 1. The SMILES string of the molecule is O=C1C[C@@H](c2coc3ccccc3c2=O)c2c(ccc3nsnc23)N1. The number of aromatic nitrogens is 2. The first kappa shape index (κ1) is 14.3. The van der Waals surface area contributed by atoms with Gasteiger partial charge in [-0.2, -0.15) is 8.75 Å². The maximum atomic E-state index is 13.0. The van der Waals surface area contributed by atoms with Crippen LogP contribution < -0.4 is 10.7 Å². The summed E-state index contributed by atoms with van der Waals surface area (Å²) >= 11 is 1.12. The molecule has 0 saturated heterocycles. The molecule has 1 amide bonds. The van der Waals surface area contributed by atoms with Gasteiger partial charge >= 0.3 is 0 Å². The predicted octanol–water partition coefficient (Wildman–Crippen LogP) is 3.27. The fraction of sp³-hybridized carbons (Fsp3) is 0.111. The predicted molar refractivity (Wildman–Crippen MR) is 95.0 cm³/mol. The highest BCUT2D eigenvalue weighted by Crippen LogP contribution is 2.40. The molecule has 122 valence electrons. The normalized spacial score (nSPS) is 16.8. The molecular weight excluding hydrogens is 338 g/mol. The summed E-state index contributed by atoms with van der Waals surface area (Å²) in [6.45, 7) is 0. The fourth-order valence-corrected chi connectivity index (χ4v) is 3.97. The van der Waals surface area contributed by atoms with Gasteiger partial charge in [-0.1, -0.05) is 12.1 Å². The Hall–Kier alpha value is -3.06. The summed E-state index contributed by atoms with van der Waals surface area (Å²) in [5.41, 5.74) is 3.87. The number of carbonyl (C=O) groups is 1. The zero-order valence-corrected chi connectivity index (χ0v) is 13.7. The highest BCUT2D eigenvalue weighted by molar-refractivity contribution is 7.00. The van der Waals surface area contributed by atoms with Crippen molar-refractivity contribution in [3.8, 4) is 0 Å². The first-order chi connectivity index (χ1) is 12.2. The molecule has 0 spiro atoms. The minimum atomic E-state index is -0.405. The molecule has 3 heterocycles. The Balaban J connectivity index is 1.81. The van der Waals surface area contributed by atoms with Gasteiger partial charge < -0.3 is 9.73 Å². The summed E-state index contributed by atoms with van der Waals surface area (Å²) in [5, 5.41) is 3.37. The third-order valence-electron chi connectivity index (χ3n) is 4.56. The van der Waals surface area contributed by atoms with Crippen molar-refractivity contribution in [2.45, 2.75) is 12.3 Å². The average Bonchev–Trinajstić information content (AvgIpc) is 3.10. The molecule has 0 saturated carbocycles. The number of nitrogens with zero attached hydrogens (tertiary/aromatic N) is 2. The van der Waals surface area contributed by atoms with Crippen molar-refractivity contribution < 1.29 is 9.21 Å². The molecule has 0 unspecified atom stereocenters. The zero-order valence-electron chi connectivity index (χ0n) is 12.9. The van der Waals surface area contributed by atoms with Crippen molar-refractivity contribution in [2.75, 3.05) is 5.32 Å². The summed E-state index contributed by atoms with van der Waals surface area (Å²) < 4.78 is 14.3. The van der Waals surface area contributed by atoms with Gasteiger partial charge in [0, 0.05) is 29.2 Å². The Labute approximate surface area is 145 Å². The standard InChI is InChI=1S/C18H11N3O3S/c22-15-7-10(11-8-24-14-4-2-1-3-9(14)18(11)23)16-12(19-15)5-6-13-17(16)21-25-20-13/h1-6,8,10H,7H2,(H,19,22)/t10-/m0/s1. The van der Waals surface area contributed by atoms with Crippen LogP contribution in [0.2, 0.25) is 0 Å². The van der Waals surface area contributed by atoms with Gasteiger partial charge in [-0.25, -0.2) is 0 Å². The Morgan fingerprint density at radius 2 is 2.00 bits per heavy atom. The first-order valence-corrected chi connectivity index (χ1v) is 8.51. The Morgan fingerprint density at radius 1 is 1.12 bits per heavy atom. The number of hydrogen-bond acceptors (Lipinski definition) is 6. The van der Waals surface area contributed by atoms with Crippen molar-refractivity contribution in [3.63, 3.8) is 0 Å². The van der Waals surface area contributed by atoms with Gasteiger partial charge in [0.05, 0.1) is 23.4 Å². The second-order valence-corrected chi connectivity index (χ2v) is 6.51. The number of nitrogens with one attached hydrogen (secondary N) is 1. The van der Waals surface area contributed by atoms with Gasteiger partial charge in [0.25, 0.3) is 0 Å². The van der Waals surface area contributed by atoms with Crippen LogP contribution in [-0.2, 0) is 4.79 Å². The highest BCUT2D eigenvalue weighted by atomic mass is 32.1. The average molecular weight is 349 g/mol. The molecule has 1 aliphatic heterocycles. The summed E-state index contributed by atoms with van der Waals surface area (Å²) in [4.78, 5) is 25.2. The quantitative estimate of drug-likeness (QED) is 0.570. The number of anilines is 1. The van der Waals surface area contributed by atoms with Gasteiger partial charge in [0.15, 0.2) is 5.43 Å². The molecule has 4 aromatic rings. The lowest BCUT2D eigenvalue weighted by atomic mass is 9.84. The lowest BCUT2D eigenvalue weighted by Crippen LogP contribution is -2.26. The van der Waals surface area contributed by atoms with Crippen molar-refractivity contribution in [2.24, 2.45) is 0 Å². The summed E-state index contributed by atoms with van der Waals surface area (Å²) in [7, 11) is 0. The number of carbonyl (C=O) groups excluding carboxylic acids is 1.